The van der Waals surface area contributed by atoms with Crippen LogP contribution in [0.15, 0.2) is 241 Å². The lowest BCUT2D eigenvalue weighted by atomic mass is 9.92. The highest BCUT2D eigenvalue weighted by Crippen LogP contribution is 2.43. The second-order valence-electron chi connectivity index (χ2n) is 17.0. The molecule has 318 valence electrons. The normalized spacial score (nSPS) is 11.5. The van der Waals surface area contributed by atoms with Crippen molar-refractivity contribution in [2.24, 2.45) is 0 Å². The van der Waals surface area contributed by atoms with Crippen molar-refractivity contribution >= 4 is 43.7 Å². The van der Waals surface area contributed by atoms with Gasteiger partial charge in [-0.1, -0.05) is 170 Å². The predicted molar refractivity (Wildman–Crippen MR) is 277 cm³/mol. The van der Waals surface area contributed by atoms with Crippen LogP contribution in [-0.2, 0) is 0 Å². The third-order valence-corrected chi connectivity index (χ3v) is 12.9. The molecule has 68 heavy (non-hydrogen) atoms. The molecule has 9 aromatic carbocycles. The van der Waals surface area contributed by atoms with Crippen molar-refractivity contribution in [3.8, 4) is 84.5 Å². The predicted octanol–water partition coefficient (Wildman–Crippen LogP) is 15.9. The molecule has 0 spiro atoms. The van der Waals surface area contributed by atoms with Crippen molar-refractivity contribution in [2.45, 2.75) is 0 Å². The van der Waals surface area contributed by atoms with E-state index in [2.05, 4.69) is 174 Å². The van der Waals surface area contributed by atoms with E-state index in [1.807, 2.05) is 66.9 Å². The van der Waals surface area contributed by atoms with Crippen molar-refractivity contribution < 1.29 is 4.42 Å². The second-order valence-corrected chi connectivity index (χ2v) is 17.0. The number of fused-ring (bicyclic) bond motifs is 7. The van der Waals surface area contributed by atoms with E-state index in [9.17, 15) is 0 Å². The molecule has 0 amide bonds. The monoisotopic (exact) mass is 869 g/mol. The van der Waals surface area contributed by atoms with Crippen LogP contribution < -0.4 is 0 Å². The van der Waals surface area contributed by atoms with Gasteiger partial charge in [-0.05, 0) is 88.5 Å². The summed E-state index contributed by atoms with van der Waals surface area (Å²) in [5, 5.41) is 4.39. The average molecular weight is 870 g/mol. The molecule has 0 radical (unpaired) electrons. The molecule has 13 aromatic rings. The van der Waals surface area contributed by atoms with Crippen molar-refractivity contribution in [2.75, 3.05) is 0 Å². The van der Waals surface area contributed by atoms with E-state index < -0.39 is 0 Å². The molecule has 0 aliphatic rings. The molecule has 0 saturated carbocycles. The topological polar surface area (TPSA) is 69.6 Å². The van der Waals surface area contributed by atoms with Gasteiger partial charge in [0, 0.05) is 61.2 Å². The molecule has 6 nitrogen and oxygen atoms in total. The van der Waals surface area contributed by atoms with E-state index in [1.165, 1.54) is 5.39 Å². The Morgan fingerprint density at radius 1 is 0.338 bits per heavy atom. The Hall–Kier alpha value is -9.26. The van der Waals surface area contributed by atoms with Crippen LogP contribution in [0.3, 0.4) is 0 Å². The molecular formula is C62H39N5O. The van der Waals surface area contributed by atoms with Crippen LogP contribution in [0.25, 0.3) is 128 Å². The highest BCUT2D eigenvalue weighted by molar-refractivity contribution is 6.21. The molecule has 4 heterocycles. The maximum atomic E-state index is 7.03. The van der Waals surface area contributed by atoms with Gasteiger partial charge in [0.2, 0.25) is 0 Å². The first-order valence-electron chi connectivity index (χ1n) is 22.8. The van der Waals surface area contributed by atoms with E-state index in [1.54, 1.807) is 0 Å². The fourth-order valence-electron chi connectivity index (χ4n) is 9.62. The molecule has 4 aromatic heterocycles. The van der Waals surface area contributed by atoms with Crippen LogP contribution in [0.2, 0.25) is 0 Å². The zero-order chi connectivity index (χ0) is 45.0. The van der Waals surface area contributed by atoms with Crippen molar-refractivity contribution in [1.82, 2.24) is 24.5 Å². The highest BCUT2D eigenvalue weighted by atomic mass is 16.3. The Kier molecular flexibility index (Phi) is 9.39. The maximum Gasteiger partial charge on any atom is 0.166 e. The van der Waals surface area contributed by atoms with Gasteiger partial charge in [0.25, 0.3) is 0 Å². The maximum absolute atomic E-state index is 7.03. The first-order valence-corrected chi connectivity index (χ1v) is 22.8. The molecule has 0 bridgehead atoms. The molecular weight excluding hydrogens is 831 g/mol. The van der Waals surface area contributed by atoms with E-state index in [0.29, 0.717) is 17.5 Å². The molecule has 0 unspecified atom stereocenters. The molecule has 6 heteroatoms. The first kappa shape index (κ1) is 39.1. The number of rotatable bonds is 8. The minimum absolute atomic E-state index is 0.517. The Balaban J connectivity index is 1.05. The lowest BCUT2D eigenvalue weighted by Gasteiger charge is -2.15. The fraction of sp³-hybridized carbons (Fsp3) is 0. The van der Waals surface area contributed by atoms with Gasteiger partial charge in [-0.2, -0.15) is 0 Å². The molecule has 0 atom stereocenters. The van der Waals surface area contributed by atoms with Crippen LogP contribution in [0.4, 0.5) is 0 Å². The number of nitrogens with zero attached hydrogens (tertiary/aromatic N) is 5. The fourth-order valence-corrected chi connectivity index (χ4v) is 9.62. The molecule has 0 fully saturated rings. The van der Waals surface area contributed by atoms with Crippen molar-refractivity contribution in [1.29, 1.82) is 0 Å². The number of hydrogen-bond donors (Lipinski definition) is 0. The van der Waals surface area contributed by atoms with Gasteiger partial charge in [0.1, 0.15) is 5.58 Å². The lowest BCUT2D eigenvalue weighted by Crippen LogP contribution is -2.02. The van der Waals surface area contributed by atoms with Crippen LogP contribution in [0, 0.1) is 0 Å². The summed E-state index contributed by atoms with van der Waals surface area (Å²) in [5.41, 5.74) is 15.5. The number of hydrogen-bond acceptors (Lipinski definition) is 5. The van der Waals surface area contributed by atoms with E-state index in [-0.39, 0.29) is 0 Å². The summed E-state index contributed by atoms with van der Waals surface area (Å²) in [7, 11) is 0. The van der Waals surface area contributed by atoms with E-state index in [0.717, 1.165) is 105 Å². The number of benzene rings is 9. The number of para-hydroxylation sites is 2. The van der Waals surface area contributed by atoms with Gasteiger partial charge >= 0.3 is 0 Å². The zero-order valence-electron chi connectivity index (χ0n) is 36.7. The van der Waals surface area contributed by atoms with Gasteiger partial charge < -0.3 is 8.98 Å². The summed E-state index contributed by atoms with van der Waals surface area (Å²) in [4.78, 5) is 20.9. The van der Waals surface area contributed by atoms with Crippen LogP contribution in [0.5, 0.6) is 0 Å². The van der Waals surface area contributed by atoms with Crippen molar-refractivity contribution in [3.05, 3.63) is 237 Å². The number of furan rings is 1. The summed E-state index contributed by atoms with van der Waals surface area (Å²) >= 11 is 0. The summed E-state index contributed by atoms with van der Waals surface area (Å²) in [6.45, 7) is 0. The Morgan fingerprint density at radius 3 is 1.46 bits per heavy atom. The largest absolute Gasteiger partial charge is 0.454 e. The molecule has 0 aliphatic carbocycles. The molecule has 0 saturated heterocycles. The Morgan fingerprint density at radius 2 is 0.838 bits per heavy atom. The van der Waals surface area contributed by atoms with Gasteiger partial charge in [-0.15, -0.1) is 0 Å². The highest BCUT2D eigenvalue weighted by Gasteiger charge is 2.22. The van der Waals surface area contributed by atoms with Gasteiger partial charge in [0.05, 0.1) is 16.7 Å². The zero-order valence-corrected chi connectivity index (χ0v) is 36.7. The van der Waals surface area contributed by atoms with Crippen LogP contribution >= 0.6 is 0 Å². The van der Waals surface area contributed by atoms with Gasteiger partial charge in [0.15, 0.2) is 23.1 Å². The molecule has 13 rings (SSSR count). The van der Waals surface area contributed by atoms with Gasteiger partial charge in [-0.25, -0.2) is 15.0 Å². The summed E-state index contributed by atoms with van der Waals surface area (Å²) in [6.07, 6.45) is 1.97. The van der Waals surface area contributed by atoms with Crippen molar-refractivity contribution in [3.63, 3.8) is 0 Å². The number of aromatic nitrogens is 5. The SMILES string of the molecule is c1ccc(-c2cc(-c3ccccc3)cc(-c3cnc(-c4ccc5c(c4)oc4c5ccc5c6ccccc6n(-c6ccccc6)c54)c(-c4nc(-c5ccccc5)nc(-c5ccccc5)n4)c3)c2)cc1. The third-order valence-electron chi connectivity index (χ3n) is 12.9. The quantitative estimate of drug-likeness (QED) is 0.152. The third kappa shape index (κ3) is 6.82. The van der Waals surface area contributed by atoms with Crippen LogP contribution in [-0.4, -0.2) is 24.5 Å². The molecule has 0 aliphatic heterocycles. The minimum Gasteiger partial charge on any atom is -0.454 e. The van der Waals surface area contributed by atoms with Crippen LogP contribution in [0.1, 0.15) is 0 Å². The smallest absolute Gasteiger partial charge is 0.166 e. The minimum atomic E-state index is 0.517. The molecule has 0 N–H and O–H groups in total. The second kappa shape index (κ2) is 16.3. The Bertz CT molecular complexity index is 3880. The standard InChI is InChI=1S/C62H39N5O/c1-6-18-40(19-7-1)45-34-46(41-20-8-2-9-21-41)36-47(35-45)48-37-54(62-65-60(42-22-10-3-11-23-42)64-61(66-62)43-24-12-4-13-25-43)57(63-39-48)44-30-31-51-53-33-32-52-50-28-16-17-29-55(50)67(49-26-14-5-15-27-49)58(52)59(53)68-56(51)38-44/h1-39H. The van der Waals surface area contributed by atoms with Gasteiger partial charge in [-0.3, -0.25) is 4.98 Å². The first-order chi connectivity index (χ1) is 33.7. The van der Waals surface area contributed by atoms with E-state index in [4.69, 9.17) is 24.4 Å². The average Bonchev–Trinajstić information content (AvgIpc) is 3.97. The summed E-state index contributed by atoms with van der Waals surface area (Å²) in [5.74, 6) is 1.67. The van der Waals surface area contributed by atoms with E-state index >= 15 is 0 Å². The summed E-state index contributed by atoms with van der Waals surface area (Å²) in [6, 6.07) is 80.1. The summed E-state index contributed by atoms with van der Waals surface area (Å²) < 4.78 is 9.35. The lowest BCUT2D eigenvalue weighted by molar-refractivity contribution is 0.671. The number of pyridine rings is 1. The Labute approximate surface area is 392 Å².